The number of benzene rings is 1. The van der Waals surface area contributed by atoms with Gasteiger partial charge < -0.3 is 26.0 Å². The highest BCUT2D eigenvalue weighted by molar-refractivity contribution is 6.32. The molecular weight excluding hydrogens is 580 g/mol. The molecule has 4 aromatic rings. The third kappa shape index (κ3) is 6.28. The number of nitrogens with two attached hydrogens (primary N) is 1. The molecule has 0 saturated carbocycles. The molecule has 4 rings (SSSR count). The van der Waals surface area contributed by atoms with E-state index in [1.807, 2.05) is 57.8 Å². The van der Waals surface area contributed by atoms with E-state index in [1.54, 1.807) is 38.6 Å². The first-order valence-corrected chi connectivity index (χ1v) is 14.6. The Morgan fingerprint density at radius 3 is 2.18 bits per heavy atom. The molecule has 12 heteroatoms. The van der Waals surface area contributed by atoms with Crippen molar-refractivity contribution in [2.24, 2.45) is 0 Å². The Kier molecular flexibility index (Phi) is 10.00. The van der Waals surface area contributed by atoms with Crippen LogP contribution >= 0.6 is 11.6 Å². The van der Waals surface area contributed by atoms with Gasteiger partial charge in [0.1, 0.15) is 35.1 Å². The van der Waals surface area contributed by atoms with Crippen LogP contribution in [0.2, 0.25) is 5.02 Å². The molecule has 2 atom stereocenters. The van der Waals surface area contributed by atoms with E-state index in [2.05, 4.69) is 30.6 Å². The van der Waals surface area contributed by atoms with Crippen molar-refractivity contribution in [2.45, 2.75) is 39.7 Å². The molecule has 0 bridgehead atoms. The van der Waals surface area contributed by atoms with Gasteiger partial charge in [-0.3, -0.25) is 19.6 Å². The first kappa shape index (κ1) is 32.2. The van der Waals surface area contributed by atoms with Gasteiger partial charge in [-0.2, -0.15) is 0 Å². The summed E-state index contributed by atoms with van der Waals surface area (Å²) in [5.74, 6) is 0.861. The molecule has 44 heavy (non-hydrogen) atoms. The zero-order valence-corrected chi connectivity index (χ0v) is 26.7. The van der Waals surface area contributed by atoms with Gasteiger partial charge in [-0.05, 0) is 50.1 Å². The zero-order chi connectivity index (χ0) is 32.1. The highest BCUT2D eigenvalue weighted by Crippen LogP contribution is 2.45. The van der Waals surface area contributed by atoms with E-state index in [-0.39, 0.29) is 23.8 Å². The van der Waals surface area contributed by atoms with Crippen molar-refractivity contribution in [2.75, 3.05) is 38.4 Å². The predicted molar refractivity (Wildman–Crippen MR) is 172 cm³/mol. The van der Waals surface area contributed by atoms with Crippen LogP contribution in [0.3, 0.4) is 0 Å². The van der Waals surface area contributed by atoms with E-state index in [0.29, 0.717) is 40.4 Å². The summed E-state index contributed by atoms with van der Waals surface area (Å²) in [6, 6.07) is 8.67. The number of nitrogen functional groups attached to an aromatic ring is 1. The third-order valence-corrected chi connectivity index (χ3v) is 8.14. The molecule has 0 aliphatic heterocycles. The molecule has 0 aliphatic rings. The lowest BCUT2D eigenvalue weighted by molar-refractivity contribution is 0.0950. The molecule has 11 nitrogen and oxygen atoms in total. The van der Waals surface area contributed by atoms with Gasteiger partial charge in [0.2, 0.25) is 0 Å². The van der Waals surface area contributed by atoms with E-state index < -0.39 is 0 Å². The predicted octanol–water partition coefficient (Wildman–Crippen LogP) is 4.94. The van der Waals surface area contributed by atoms with Crippen molar-refractivity contribution in [3.63, 3.8) is 0 Å². The van der Waals surface area contributed by atoms with Crippen LogP contribution in [0.5, 0.6) is 5.75 Å². The number of halogens is 1. The van der Waals surface area contributed by atoms with Crippen LogP contribution in [0, 0.1) is 6.92 Å². The maximum Gasteiger partial charge on any atom is 0.269 e. The number of nitrogens with one attached hydrogen (secondary N) is 2. The second-order valence-corrected chi connectivity index (χ2v) is 10.7. The van der Waals surface area contributed by atoms with Gasteiger partial charge in [-0.25, -0.2) is 9.97 Å². The van der Waals surface area contributed by atoms with Crippen molar-refractivity contribution in [3.05, 3.63) is 87.7 Å². The molecule has 1 aromatic carbocycles. The summed E-state index contributed by atoms with van der Waals surface area (Å²) in [7, 11) is 5.05. The fourth-order valence-corrected chi connectivity index (χ4v) is 5.30. The maximum atomic E-state index is 12.1. The summed E-state index contributed by atoms with van der Waals surface area (Å²) in [6.07, 6.45) is 4.75. The number of carbonyl (C=O) groups excluding carboxylic acids is 2. The fourth-order valence-electron chi connectivity index (χ4n) is 5.08. The summed E-state index contributed by atoms with van der Waals surface area (Å²) in [5, 5.41) is 5.73. The fraction of sp³-hybridized carbons (Fsp3) is 0.312. The molecule has 0 spiro atoms. The second kappa shape index (κ2) is 13.7. The molecular formula is C32H37ClN8O3. The topological polar surface area (TPSA) is 148 Å². The Labute approximate surface area is 262 Å². The minimum absolute atomic E-state index is 0.236. The third-order valence-electron chi connectivity index (χ3n) is 7.74. The van der Waals surface area contributed by atoms with E-state index in [0.717, 1.165) is 33.4 Å². The molecule has 3 heterocycles. The van der Waals surface area contributed by atoms with Gasteiger partial charge in [0.25, 0.3) is 11.8 Å². The quantitative estimate of drug-likeness (QED) is 0.225. The summed E-state index contributed by atoms with van der Waals surface area (Å²) >= 11 is 6.83. The number of ether oxygens (including phenoxy) is 1. The van der Waals surface area contributed by atoms with Gasteiger partial charge in [0, 0.05) is 66.7 Å². The van der Waals surface area contributed by atoms with Crippen molar-refractivity contribution in [3.8, 4) is 16.9 Å². The summed E-state index contributed by atoms with van der Waals surface area (Å²) in [5.41, 5.74) is 11.9. The Hall–Kier alpha value is -4.77. The molecule has 4 N–H and O–H groups in total. The van der Waals surface area contributed by atoms with Crippen molar-refractivity contribution < 1.29 is 14.3 Å². The molecule has 0 fully saturated rings. The number of nitrogens with zero attached hydrogens (tertiary/aromatic N) is 5. The van der Waals surface area contributed by atoms with Crippen LogP contribution in [0.1, 0.15) is 76.0 Å². The first-order chi connectivity index (χ1) is 21.0. The number of amides is 2. The minimum Gasteiger partial charge on any atom is -0.493 e. The molecule has 2 unspecified atom stereocenters. The van der Waals surface area contributed by atoms with Gasteiger partial charge in [-0.1, -0.05) is 30.7 Å². The average Bonchev–Trinajstić information content (AvgIpc) is 3.04. The summed E-state index contributed by atoms with van der Waals surface area (Å²) < 4.78 is 6.28. The Morgan fingerprint density at radius 2 is 1.64 bits per heavy atom. The maximum absolute atomic E-state index is 12.1. The molecule has 2 amide bonds. The van der Waals surface area contributed by atoms with Gasteiger partial charge in [-0.15, -0.1) is 0 Å². The second-order valence-electron chi connectivity index (χ2n) is 10.3. The van der Waals surface area contributed by atoms with Crippen LogP contribution in [0.15, 0.2) is 49.1 Å². The van der Waals surface area contributed by atoms with Crippen LogP contribution in [-0.4, -0.2) is 59.5 Å². The van der Waals surface area contributed by atoms with Gasteiger partial charge >= 0.3 is 0 Å². The number of hydrogen-bond acceptors (Lipinski definition) is 9. The number of anilines is 2. The number of carbonyl (C=O) groups is 2. The minimum atomic E-state index is -0.277. The average molecular weight is 617 g/mol. The standard InChI is InChI=1S/C32H37ClN8O3/c1-8-44-28-22(13-23(33)18(3)26(28)21-10-12-25(38-15-21)32(43)36-6)19(4)41(7)30-27(29(34)39-16-40-30)17(2)20-9-11-24(37-14-20)31(42)35-5/h9-17,19H,8H2,1-7H3,(H,35,42)(H,36,43)(H2,34,39,40). The Bertz CT molecular complexity index is 1660. The van der Waals surface area contributed by atoms with Crippen LogP contribution in [0.4, 0.5) is 11.6 Å². The van der Waals surface area contributed by atoms with Crippen molar-refractivity contribution >= 4 is 35.1 Å². The highest BCUT2D eigenvalue weighted by Gasteiger charge is 2.28. The molecule has 0 saturated heterocycles. The van der Waals surface area contributed by atoms with Crippen molar-refractivity contribution in [1.82, 2.24) is 30.6 Å². The number of hydrogen-bond donors (Lipinski definition) is 3. The molecule has 0 radical (unpaired) electrons. The summed E-state index contributed by atoms with van der Waals surface area (Å²) in [6.45, 7) is 8.30. The van der Waals surface area contributed by atoms with Crippen LogP contribution in [0.25, 0.3) is 11.1 Å². The van der Waals surface area contributed by atoms with E-state index in [1.165, 1.54) is 6.33 Å². The zero-order valence-electron chi connectivity index (χ0n) is 25.9. The number of pyridine rings is 2. The normalized spacial score (nSPS) is 12.3. The lowest BCUT2D eigenvalue weighted by Crippen LogP contribution is -2.26. The largest absolute Gasteiger partial charge is 0.493 e. The highest BCUT2D eigenvalue weighted by atomic mass is 35.5. The van der Waals surface area contributed by atoms with E-state index in [4.69, 9.17) is 22.1 Å². The van der Waals surface area contributed by atoms with Crippen LogP contribution < -0.4 is 26.0 Å². The smallest absolute Gasteiger partial charge is 0.269 e. The van der Waals surface area contributed by atoms with Gasteiger partial charge in [0.05, 0.1) is 12.6 Å². The number of aromatic nitrogens is 4. The molecule has 230 valence electrons. The summed E-state index contributed by atoms with van der Waals surface area (Å²) in [4.78, 5) is 43.7. The lowest BCUT2D eigenvalue weighted by Gasteiger charge is -2.32. The SMILES string of the molecule is CCOc1c(C(C)N(C)c2ncnc(N)c2C(C)c2ccc(C(=O)NC)nc2)cc(Cl)c(C)c1-c1ccc(C(=O)NC)nc1. The Balaban J connectivity index is 1.79. The number of rotatable bonds is 10. The van der Waals surface area contributed by atoms with E-state index >= 15 is 0 Å². The van der Waals surface area contributed by atoms with E-state index in [9.17, 15) is 9.59 Å². The lowest BCUT2D eigenvalue weighted by atomic mass is 9.92. The molecule has 0 aliphatic carbocycles. The first-order valence-electron chi connectivity index (χ1n) is 14.2. The monoisotopic (exact) mass is 616 g/mol. The Morgan fingerprint density at radius 1 is 1.00 bits per heavy atom. The van der Waals surface area contributed by atoms with Crippen LogP contribution in [-0.2, 0) is 0 Å². The van der Waals surface area contributed by atoms with Crippen molar-refractivity contribution in [1.29, 1.82) is 0 Å². The molecule has 3 aromatic heterocycles. The van der Waals surface area contributed by atoms with Gasteiger partial charge in [0.15, 0.2) is 0 Å².